The van der Waals surface area contributed by atoms with E-state index in [4.69, 9.17) is 5.11 Å². The van der Waals surface area contributed by atoms with Gasteiger partial charge in [0.25, 0.3) is 0 Å². The zero-order valence-electron chi connectivity index (χ0n) is 11.2. The largest absolute Gasteiger partial charge is 0.481 e. The molecule has 0 saturated carbocycles. The van der Waals surface area contributed by atoms with Crippen LogP contribution in [-0.2, 0) is 16.0 Å². The lowest BCUT2D eigenvalue weighted by atomic mass is 9.93. The highest BCUT2D eigenvalue weighted by Crippen LogP contribution is 2.21. The van der Waals surface area contributed by atoms with Crippen LogP contribution in [0.3, 0.4) is 0 Å². The first-order valence-electron chi connectivity index (χ1n) is 6.79. The number of carbonyl (C=O) groups excluding carboxylic acids is 1. The average molecular weight is 279 g/mol. The van der Waals surface area contributed by atoms with Gasteiger partial charge >= 0.3 is 5.97 Å². The number of amides is 1. The van der Waals surface area contributed by atoms with Crippen LogP contribution in [0, 0.1) is 11.7 Å². The monoisotopic (exact) mass is 279 g/mol. The van der Waals surface area contributed by atoms with Gasteiger partial charge in [-0.25, -0.2) is 4.39 Å². The Morgan fingerprint density at radius 1 is 1.25 bits per heavy atom. The van der Waals surface area contributed by atoms with Gasteiger partial charge in [-0.2, -0.15) is 0 Å². The number of likely N-dealkylation sites (tertiary alicyclic amines) is 1. The van der Waals surface area contributed by atoms with Crippen LogP contribution in [0.15, 0.2) is 24.3 Å². The van der Waals surface area contributed by atoms with Gasteiger partial charge in [-0.1, -0.05) is 18.2 Å². The van der Waals surface area contributed by atoms with Crippen molar-refractivity contribution in [3.8, 4) is 0 Å². The second-order valence-electron chi connectivity index (χ2n) is 5.19. The quantitative estimate of drug-likeness (QED) is 0.918. The molecular weight excluding hydrogens is 261 g/mol. The van der Waals surface area contributed by atoms with E-state index < -0.39 is 5.97 Å². The van der Waals surface area contributed by atoms with E-state index in [1.165, 1.54) is 6.07 Å². The number of aliphatic carboxylic acids is 1. The van der Waals surface area contributed by atoms with Crippen molar-refractivity contribution in [2.75, 3.05) is 13.1 Å². The Hall–Kier alpha value is -1.91. The summed E-state index contributed by atoms with van der Waals surface area (Å²) in [7, 11) is 0. The minimum absolute atomic E-state index is 0.0657. The molecule has 1 fully saturated rings. The number of hydrogen-bond acceptors (Lipinski definition) is 2. The predicted octanol–water partition coefficient (Wildman–Crippen LogP) is 2.08. The molecule has 0 aromatic heterocycles. The van der Waals surface area contributed by atoms with Crippen LogP contribution >= 0.6 is 0 Å². The summed E-state index contributed by atoms with van der Waals surface area (Å²) in [6.45, 7) is 1.12. The minimum Gasteiger partial charge on any atom is -0.481 e. The first-order valence-corrected chi connectivity index (χ1v) is 6.79. The van der Waals surface area contributed by atoms with Gasteiger partial charge in [-0.15, -0.1) is 0 Å². The summed E-state index contributed by atoms with van der Waals surface area (Å²) < 4.78 is 13.5. The Morgan fingerprint density at radius 2 is 1.90 bits per heavy atom. The second-order valence-corrected chi connectivity index (χ2v) is 5.19. The third-order valence-electron chi connectivity index (χ3n) is 3.73. The van der Waals surface area contributed by atoms with E-state index in [-0.39, 0.29) is 30.5 Å². The summed E-state index contributed by atoms with van der Waals surface area (Å²) in [6.07, 6.45) is 1.64. The highest BCUT2D eigenvalue weighted by molar-refractivity contribution is 5.79. The molecule has 1 saturated heterocycles. The molecule has 1 aromatic carbocycles. The van der Waals surface area contributed by atoms with Gasteiger partial charge in [-0.05, 0) is 30.4 Å². The van der Waals surface area contributed by atoms with E-state index in [0.29, 0.717) is 31.5 Å². The van der Waals surface area contributed by atoms with Crippen LogP contribution in [-0.4, -0.2) is 35.0 Å². The first-order chi connectivity index (χ1) is 9.56. The molecule has 0 radical (unpaired) electrons. The molecule has 4 nitrogen and oxygen atoms in total. The van der Waals surface area contributed by atoms with E-state index in [0.717, 1.165) is 0 Å². The Labute approximate surface area is 117 Å². The van der Waals surface area contributed by atoms with Crippen molar-refractivity contribution in [3.63, 3.8) is 0 Å². The van der Waals surface area contributed by atoms with Crippen LogP contribution in [0.1, 0.15) is 24.8 Å². The summed E-state index contributed by atoms with van der Waals surface area (Å²) in [5, 5.41) is 8.74. The predicted molar refractivity (Wildman–Crippen MR) is 71.7 cm³/mol. The molecule has 1 aromatic rings. The summed E-state index contributed by atoms with van der Waals surface area (Å²) in [5.41, 5.74) is 0.408. The Kier molecular flexibility index (Phi) is 4.71. The molecule has 1 aliphatic rings. The zero-order valence-corrected chi connectivity index (χ0v) is 11.2. The number of benzene rings is 1. The van der Waals surface area contributed by atoms with Crippen LogP contribution in [0.5, 0.6) is 0 Å². The van der Waals surface area contributed by atoms with Crippen LogP contribution < -0.4 is 0 Å². The number of carbonyl (C=O) groups is 2. The summed E-state index contributed by atoms with van der Waals surface area (Å²) in [6, 6.07) is 6.28. The second kappa shape index (κ2) is 6.50. The van der Waals surface area contributed by atoms with Gasteiger partial charge in [0, 0.05) is 19.5 Å². The summed E-state index contributed by atoms with van der Waals surface area (Å²) in [5.74, 6) is -1.10. The Balaban J connectivity index is 1.86. The average Bonchev–Trinajstić information content (AvgIpc) is 2.41. The molecular formula is C15H18FNO3. The number of piperidine rings is 1. The number of carboxylic acids is 1. The molecule has 1 heterocycles. The van der Waals surface area contributed by atoms with Gasteiger partial charge < -0.3 is 10.0 Å². The van der Waals surface area contributed by atoms with Gasteiger partial charge in [0.2, 0.25) is 5.91 Å². The maximum Gasteiger partial charge on any atom is 0.303 e. The van der Waals surface area contributed by atoms with Gasteiger partial charge in [0.15, 0.2) is 0 Å². The molecule has 108 valence electrons. The molecule has 0 spiro atoms. The van der Waals surface area contributed by atoms with Gasteiger partial charge in [0.1, 0.15) is 5.82 Å². The molecule has 2 rings (SSSR count). The first kappa shape index (κ1) is 14.5. The van der Waals surface area contributed by atoms with E-state index in [1.807, 2.05) is 0 Å². The molecule has 0 aliphatic carbocycles. The summed E-state index contributed by atoms with van der Waals surface area (Å²) in [4.78, 5) is 24.4. The maximum absolute atomic E-state index is 13.5. The fourth-order valence-corrected chi connectivity index (χ4v) is 2.55. The van der Waals surface area contributed by atoms with Gasteiger partial charge in [-0.3, -0.25) is 9.59 Å². The third-order valence-corrected chi connectivity index (χ3v) is 3.73. The molecule has 1 amide bonds. The molecule has 0 unspecified atom stereocenters. The smallest absolute Gasteiger partial charge is 0.303 e. The van der Waals surface area contributed by atoms with Crippen LogP contribution in [0.25, 0.3) is 0 Å². The highest BCUT2D eigenvalue weighted by atomic mass is 19.1. The lowest BCUT2D eigenvalue weighted by molar-refractivity contribution is -0.138. The van der Waals surface area contributed by atoms with Crippen molar-refractivity contribution in [2.45, 2.75) is 25.7 Å². The lowest BCUT2D eigenvalue weighted by Crippen LogP contribution is -2.39. The maximum atomic E-state index is 13.5. The van der Waals surface area contributed by atoms with E-state index in [9.17, 15) is 14.0 Å². The minimum atomic E-state index is -0.791. The molecule has 5 heteroatoms. The van der Waals surface area contributed by atoms with Crippen molar-refractivity contribution in [2.24, 2.45) is 5.92 Å². The topological polar surface area (TPSA) is 57.6 Å². The van der Waals surface area contributed by atoms with E-state index in [2.05, 4.69) is 0 Å². The standard InChI is InChI=1S/C15H18FNO3/c16-13-4-2-1-3-12(13)10-14(18)17-7-5-11(6-8-17)9-15(19)20/h1-4,11H,5-10H2,(H,19,20). The SMILES string of the molecule is O=C(O)CC1CCN(C(=O)Cc2ccccc2F)CC1. The van der Waals surface area contributed by atoms with Crippen molar-refractivity contribution < 1.29 is 19.1 Å². The number of rotatable bonds is 4. The lowest BCUT2D eigenvalue weighted by Gasteiger charge is -2.31. The molecule has 1 N–H and O–H groups in total. The number of halogens is 1. The number of nitrogens with zero attached hydrogens (tertiary/aromatic N) is 1. The Bertz CT molecular complexity index is 496. The fourth-order valence-electron chi connectivity index (χ4n) is 2.55. The van der Waals surface area contributed by atoms with Crippen molar-refractivity contribution in [3.05, 3.63) is 35.6 Å². The zero-order chi connectivity index (χ0) is 14.5. The van der Waals surface area contributed by atoms with Crippen molar-refractivity contribution in [1.82, 2.24) is 4.90 Å². The third kappa shape index (κ3) is 3.79. The summed E-state index contributed by atoms with van der Waals surface area (Å²) >= 11 is 0. The van der Waals surface area contributed by atoms with Crippen molar-refractivity contribution >= 4 is 11.9 Å². The highest BCUT2D eigenvalue weighted by Gasteiger charge is 2.24. The van der Waals surface area contributed by atoms with Crippen molar-refractivity contribution in [1.29, 1.82) is 0 Å². The number of hydrogen-bond donors (Lipinski definition) is 1. The van der Waals surface area contributed by atoms with E-state index in [1.54, 1.807) is 23.1 Å². The Morgan fingerprint density at radius 3 is 2.50 bits per heavy atom. The normalized spacial score (nSPS) is 16.1. The fraction of sp³-hybridized carbons (Fsp3) is 0.467. The molecule has 1 aliphatic heterocycles. The van der Waals surface area contributed by atoms with Crippen LogP contribution in [0.2, 0.25) is 0 Å². The van der Waals surface area contributed by atoms with E-state index >= 15 is 0 Å². The molecule has 0 atom stereocenters. The van der Waals surface area contributed by atoms with Gasteiger partial charge in [0.05, 0.1) is 6.42 Å². The molecule has 0 bridgehead atoms. The number of carboxylic acid groups (broad SMARTS) is 1. The van der Waals surface area contributed by atoms with Crippen LogP contribution in [0.4, 0.5) is 4.39 Å². The molecule has 20 heavy (non-hydrogen) atoms.